The highest BCUT2D eigenvalue weighted by atomic mass is 35.5. The number of hydrogen-bond donors (Lipinski definition) is 1. The Bertz CT molecular complexity index is 775. The third kappa shape index (κ3) is 4.32. The van der Waals surface area contributed by atoms with E-state index >= 15 is 0 Å². The first-order chi connectivity index (χ1) is 11.2. The van der Waals surface area contributed by atoms with E-state index < -0.39 is 0 Å². The second kappa shape index (κ2) is 7.59. The molecule has 23 heavy (non-hydrogen) atoms. The number of hydrogen-bond acceptors (Lipinski definition) is 4. The van der Waals surface area contributed by atoms with Crippen molar-refractivity contribution in [3.8, 4) is 11.5 Å². The van der Waals surface area contributed by atoms with Crippen LogP contribution in [0, 0.1) is 0 Å². The molecule has 0 saturated carbocycles. The fraction of sp³-hybridized carbons (Fsp3) is 0.176. The van der Waals surface area contributed by atoms with Crippen molar-refractivity contribution in [2.75, 3.05) is 6.54 Å². The van der Waals surface area contributed by atoms with Gasteiger partial charge in [0.2, 0.25) is 11.8 Å². The molecule has 3 aromatic rings. The average Bonchev–Trinajstić information content (AvgIpc) is 3.03. The standard InChI is InChI=1S/C17H15Cl2N3O/c18-14-7-6-12(15(19)10-14)8-9-20-11-16-21-22-17(23-16)13-4-2-1-3-5-13/h1-7,10,20H,8-9,11H2. The van der Waals surface area contributed by atoms with Crippen LogP contribution < -0.4 is 5.32 Å². The summed E-state index contributed by atoms with van der Waals surface area (Å²) in [5, 5.41) is 12.7. The summed E-state index contributed by atoms with van der Waals surface area (Å²) in [5.74, 6) is 1.09. The van der Waals surface area contributed by atoms with Gasteiger partial charge in [0.1, 0.15) is 0 Å². The Morgan fingerprint density at radius 3 is 2.61 bits per heavy atom. The van der Waals surface area contributed by atoms with Crippen molar-refractivity contribution in [2.24, 2.45) is 0 Å². The summed E-state index contributed by atoms with van der Waals surface area (Å²) in [6.07, 6.45) is 0.801. The lowest BCUT2D eigenvalue weighted by Gasteiger charge is -2.05. The molecule has 0 fully saturated rings. The first kappa shape index (κ1) is 16.0. The predicted octanol–water partition coefficient (Wildman–Crippen LogP) is 4.38. The van der Waals surface area contributed by atoms with Crippen molar-refractivity contribution >= 4 is 23.2 Å². The third-order valence-electron chi connectivity index (χ3n) is 3.35. The van der Waals surface area contributed by atoms with Crippen LogP contribution >= 0.6 is 23.2 Å². The quantitative estimate of drug-likeness (QED) is 0.672. The van der Waals surface area contributed by atoms with Gasteiger partial charge in [-0.2, -0.15) is 0 Å². The normalized spacial score (nSPS) is 10.9. The van der Waals surface area contributed by atoms with E-state index in [1.807, 2.05) is 42.5 Å². The van der Waals surface area contributed by atoms with Gasteiger partial charge in [0.25, 0.3) is 0 Å². The van der Waals surface area contributed by atoms with Crippen molar-refractivity contribution < 1.29 is 4.42 Å². The summed E-state index contributed by atoms with van der Waals surface area (Å²) >= 11 is 12.0. The third-order valence-corrected chi connectivity index (χ3v) is 3.94. The highest BCUT2D eigenvalue weighted by Gasteiger charge is 2.07. The van der Waals surface area contributed by atoms with Gasteiger partial charge < -0.3 is 9.73 Å². The molecule has 0 amide bonds. The van der Waals surface area contributed by atoms with Crippen LogP contribution in [-0.2, 0) is 13.0 Å². The number of benzene rings is 2. The average molecular weight is 348 g/mol. The van der Waals surface area contributed by atoms with Crippen LogP contribution in [0.2, 0.25) is 10.0 Å². The van der Waals surface area contributed by atoms with Crippen molar-refractivity contribution in [3.05, 3.63) is 70.0 Å². The van der Waals surface area contributed by atoms with Gasteiger partial charge in [-0.05, 0) is 42.8 Å². The summed E-state index contributed by atoms with van der Waals surface area (Å²) in [7, 11) is 0. The highest BCUT2D eigenvalue weighted by molar-refractivity contribution is 6.35. The summed E-state index contributed by atoms with van der Waals surface area (Å²) in [6, 6.07) is 15.2. The van der Waals surface area contributed by atoms with Crippen molar-refractivity contribution in [3.63, 3.8) is 0 Å². The van der Waals surface area contributed by atoms with Gasteiger partial charge in [-0.1, -0.05) is 47.5 Å². The molecule has 0 radical (unpaired) electrons. The van der Waals surface area contributed by atoms with Gasteiger partial charge in [0, 0.05) is 15.6 Å². The molecule has 0 unspecified atom stereocenters. The van der Waals surface area contributed by atoms with Crippen LogP contribution in [-0.4, -0.2) is 16.7 Å². The Labute approximate surface area is 144 Å². The molecule has 0 spiro atoms. The molecular formula is C17H15Cl2N3O. The molecule has 0 bridgehead atoms. The lowest BCUT2D eigenvalue weighted by atomic mass is 10.1. The maximum Gasteiger partial charge on any atom is 0.247 e. The molecule has 1 heterocycles. The molecular weight excluding hydrogens is 333 g/mol. The van der Waals surface area contributed by atoms with Crippen LogP contribution in [0.5, 0.6) is 0 Å². The largest absolute Gasteiger partial charge is 0.419 e. The number of nitrogens with zero attached hydrogens (tertiary/aromatic N) is 2. The summed E-state index contributed by atoms with van der Waals surface area (Å²) in [5.41, 5.74) is 1.97. The van der Waals surface area contributed by atoms with E-state index in [4.69, 9.17) is 27.6 Å². The number of rotatable bonds is 6. The van der Waals surface area contributed by atoms with E-state index in [9.17, 15) is 0 Å². The topological polar surface area (TPSA) is 51.0 Å². The molecule has 2 aromatic carbocycles. The van der Waals surface area contributed by atoms with E-state index in [2.05, 4.69) is 15.5 Å². The Kier molecular flexibility index (Phi) is 5.28. The molecule has 1 aromatic heterocycles. The van der Waals surface area contributed by atoms with Gasteiger partial charge >= 0.3 is 0 Å². The van der Waals surface area contributed by atoms with Crippen LogP contribution in [0.3, 0.4) is 0 Å². The summed E-state index contributed by atoms with van der Waals surface area (Å²) in [4.78, 5) is 0. The van der Waals surface area contributed by atoms with Gasteiger partial charge in [0.15, 0.2) is 0 Å². The fourth-order valence-corrected chi connectivity index (χ4v) is 2.67. The minimum atomic E-state index is 0.519. The Hall–Kier alpha value is -1.88. The van der Waals surface area contributed by atoms with E-state index in [-0.39, 0.29) is 0 Å². The molecule has 4 nitrogen and oxygen atoms in total. The molecule has 1 N–H and O–H groups in total. The minimum absolute atomic E-state index is 0.519. The maximum atomic E-state index is 6.14. The predicted molar refractivity (Wildman–Crippen MR) is 91.6 cm³/mol. The maximum absolute atomic E-state index is 6.14. The first-order valence-corrected chi connectivity index (χ1v) is 8.00. The van der Waals surface area contributed by atoms with E-state index in [0.29, 0.717) is 28.4 Å². The summed E-state index contributed by atoms with van der Waals surface area (Å²) in [6.45, 7) is 1.27. The van der Waals surface area contributed by atoms with Gasteiger partial charge in [0.05, 0.1) is 6.54 Å². The van der Waals surface area contributed by atoms with Crippen LogP contribution in [0.1, 0.15) is 11.5 Å². The smallest absolute Gasteiger partial charge is 0.247 e. The van der Waals surface area contributed by atoms with Crippen LogP contribution in [0.15, 0.2) is 52.9 Å². The molecule has 6 heteroatoms. The number of nitrogens with one attached hydrogen (secondary N) is 1. The fourth-order valence-electron chi connectivity index (χ4n) is 2.17. The second-order valence-corrected chi connectivity index (χ2v) is 5.87. The first-order valence-electron chi connectivity index (χ1n) is 7.25. The zero-order valence-corrected chi connectivity index (χ0v) is 13.8. The van der Waals surface area contributed by atoms with Gasteiger partial charge in [-0.25, -0.2) is 0 Å². The lowest BCUT2D eigenvalue weighted by molar-refractivity contribution is 0.478. The van der Waals surface area contributed by atoms with Gasteiger partial charge in [-0.3, -0.25) is 0 Å². The molecule has 118 valence electrons. The molecule has 0 aliphatic rings. The van der Waals surface area contributed by atoms with Gasteiger partial charge in [-0.15, -0.1) is 10.2 Å². The monoisotopic (exact) mass is 347 g/mol. The van der Waals surface area contributed by atoms with E-state index in [1.165, 1.54) is 0 Å². The lowest BCUT2D eigenvalue weighted by Crippen LogP contribution is -2.17. The second-order valence-electron chi connectivity index (χ2n) is 5.03. The van der Waals surface area contributed by atoms with Crippen molar-refractivity contribution in [1.82, 2.24) is 15.5 Å². The SMILES string of the molecule is Clc1ccc(CCNCc2nnc(-c3ccccc3)o2)c(Cl)c1. The molecule has 0 atom stereocenters. The Morgan fingerprint density at radius 1 is 1.00 bits per heavy atom. The highest BCUT2D eigenvalue weighted by Crippen LogP contribution is 2.21. The minimum Gasteiger partial charge on any atom is -0.419 e. The molecule has 0 aliphatic heterocycles. The summed E-state index contributed by atoms with van der Waals surface area (Å²) < 4.78 is 5.63. The zero-order chi connectivity index (χ0) is 16.1. The Balaban J connectivity index is 1.50. The zero-order valence-electron chi connectivity index (χ0n) is 12.3. The van der Waals surface area contributed by atoms with Crippen LogP contribution in [0.25, 0.3) is 11.5 Å². The number of aromatic nitrogens is 2. The number of halogens is 2. The molecule has 3 rings (SSSR count). The van der Waals surface area contributed by atoms with Crippen LogP contribution in [0.4, 0.5) is 0 Å². The van der Waals surface area contributed by atoms with Crippen molar-refractivity contribution in [1.29, 1.82) is 0 Å². The van der Waals surface area contributed by atoms with Crippen molar-refractivity contribution in [2.45, 2.75) is 13.0 Å². The van der Waals surface area contributed by atoms with E-state index in [0.717, 1.165) is 24.1 Å². The molecule has 0 aliphatic carbocycles. The Morgan fingerprint density at radius 2 is 1.83 bits per heavy atom. The molecule has 0 saturated heterocycles. The van der Waals surface area contributed by atoms with E-state index in [1.54, 1.807) is 6.07 Å².